The molecule has 0 saturated heterocycles. The number of Topliss-reactive ketones (excluding diaryl/α,β-unsaturated/α-hetero) is 1. The first-order valence-corrected chi connectivity index (χ1v) is 5.90. The molecule has 17 heavy (non-hydrogen) atoms. The molecule has 1 heterocycles. The molecular formula is C14H13NO2. The van der Waals surface area contributed by atoms with E-state index in [1.807, 2.05) is 0 Å². The summed E-state index contributed by atoms with van der Waals surface area (Å²) in [6.45, 7) is 0. The van der Waals surface area contributed by atoms with E-state index in [1.54, 1.807) is 24.5 Å². The maximum atomic E-state index is 12.3. The number of hydrogen-bond donors (Lipinski definition) is 1. The zero-order chi connectivity index (χ0) is 11.8. The Hall–Kier alpha value is -1.90. The van der Waals surface area contributed by atoms with Crippen molar-refractivity contribution in [2.45, 2.75) is 25.7 Å². The van der Waals surface area contributed by atoms with Gasteiger partial charge < -0.3 is 5.11 Å². The van der Waals surface area contributed by atoms with E-state index >= 15 is 0 Å². The lowest BCUT2D eigenvalue weighted by molar-refractivity contribution is -0.110. The molecule has 3 heteroatoms. The molecule has 0 radical (unpaired) electrons. The van der Waals surface area contributed by atoms with E-state index in [0.717, 1.165) is 42.4 Å². The van der Waals surface area contributed by atoms with Crippen LogP contribution < -0.4 is 0 Å². The molecule has 2 aliphatic rings. The third-order valence-corrected chi connectivity index (χ3v) is 3.46. The van der Waals surface area contributed by atoms with Gasteiger partial charge in [0.15, 0.2) is 5.78 Å². The number of rotatable bonds is 1. The molecule has 1 N–H and O–H groups in total. The number of aliphatic hydroxyl groups is 1. The molecule has 0 aromatic carbocycles. The first-order valence-electron chi connectivity index (χ1n) is 5.90. The molecule has 0 amide bonds. The third kappa shape index (κ3) is 1.50. The van der Waals surface area contributed by atoms with Crippen molar-refractivity contribution in [2.75, 3.05) is 0 Å². The van der Waals surface area contributed by atoms with Crippen molar-refractivity contribution in [3.63, 3.8) is 0 Å². The van der Waals surface area contributed by atoms with Crippen LogP contribution in [0.1, 0.15) is 31.2 Å². The number of nitrogens with zero attached hydrogens (tertiary/aromatic N) is 1. The number of pyridine rings is 1. The van der Waals surface area contributed by atoms with Gasteiger partial charge in [0.25, 0.3) is 0 Å². The van der Waals surface area contributed by atoms with Gasteiger partial charge in [-0.25, -0.2) is 0 Å². The topological polar surface area (TPSA) is 50.2 Å². The molecular weight excluding hydrogens is 214 g/mol. The van der Waals surface area contributed by atoms with E-state index in [0.29, 0.717) is 5.57 Å². The highest BCUT2D eigenvalue weighted by Gasteiger charge is 2.33. The molecule has 0 aliphatic heterocycles. The summed E-state index contributed by atoms with van der Waals surface area (Å²) in [7, 11) is 0. The number of aliphatic hydroxyl groups excluding tert-OH is 1. The number of ketones is 1. The van der Waals surface area contributed by atoms with Crippen molar-refractivity contribution in [1.82, 2.24) is 4.98 Å². The van der Waals surface area contributed by atoms with Crippen LogP contribution in [-0.4, -0.2) is 15.9 Å². The normalized spacial score (nSPS) is 19.9. The minimum atomic E-state index is 0.00315. The summed E-state index contributed by atoms with van der Waals surface area (Å²) in [4.78, 5) is 16.2. The van der Waals surface area contributed by atoms with Crippen molar-refractivity contribution in [3.8, 4) is 0 Å². The van der Waals surface area contributed by atoms with E-state index in [9.17, 15) is 9.90 Å². The van der Waals surface area contributed by atoms with Crippen LogP contribution in [0.4, 0.5) is 0 Å². The lowest BCUT2D eigenvalue weighted by Crippen LogP contribution is -2.04. The van der Waals surface area contributed by atoms with Crippen molar-refractivity contribution in [3.05, 3.63) is 47.0 Å². The summed E-state index contributed by atoms with van der Waals surface area (Å²) in [5.41, 5.74) is 2.91. The van der Waals surface area contributed by atoms with Crippen molar-refractivity contribution in [1.29, 1.82) is 0 Å². The smallest absolute Gasteiger partial charge is 0.193 e. The zero-order valence-corrected chi connectivity index (χ0v) is 9.44. The molecule has 0 saturated carbocycles. The highest BCUT2D eigenvalue weighted by molar-refractivity contribution is 6.32. The van der Waals surface area contributed by atoms with Gasteiger partial charge in [-0.2, -0.15) is 0 Å². The molecule has 3 rings (SSSR count). The number of hydrogen-bond acceptors (Lipinski definition) is 3. The van der Waals surface area contributed by atoms with Crippen LogP contribution in [0.2, 0.25) is 0 Å². The average molecular weight is 227 g/mol. The molecule has 86 valence electrons. The van der Waals surface area contributed by atoms with Gasteiger partial charge in [0.2, 0.25) is 0 Å². The second-order valence-electron chi connectivity index (χ2n) is 4.45. The zero-order valence-electron chi connectivity index (χ0n) is 9.44. The van der Waals surface area contributed by atoms with Crippen LogP contribution in [0.15, 0.2) is 41.4 Å². The Balaban J connectivity index is 2.09. The number of carbonyl (C=O) groups is 1. The Bertz CT molecular complexity index is 541. The Kier molecular flexibility index (Phi) is 2.32. The Morgan fingerprint density at radius 2 is 1.71 bits per heavy atom. The minimum absolute atomic E-state index is 0.00315. The van der Waals surface area contributed by atoms with Crippen LogP contribution in [0.25, 0.3) is 5.57 Å². The van der Waals surface area contributed by atoms with E-state index in [-0.39, 0.29) is 11.5 Å². The van der Waals surface area contributed by atoms with Gasteiger partial charge in [0.1, 0.15) is 5.76 Å². The van der Waals surface area contributed by atoms with Crippen molar-refractivity contribution in [2.24, 2.45) is 0 Å². The van der Waals surface area contributed by atoms with Crippen LogP contribution in [0.3, 0.4) is 0 Å². The van der Waals surface area contributed by atoms with E-state index in [4.69, 9.17) is 0 Å². The number of allylic oxidation sites excluding steroid dienone is 3. The second-order valence-corrected chi connectivity index (χ2v) is 4.45. The fraction of sp³-hybridized carbons (Fsp3) is 0.286. The molecule has 2 aliphatic carbocycles. The predicted octanol–water partition coefficient (Wildman–Crippen LogP) is 2.80. The van der Waals surface area contributed by atoms with Crippen LogP contribution in [0.5, 0.6) is 0 Å². The lowest BCUT2D eigenvalue weighted by atomic mass is 9.92. The highest BCUT2D eigenvalue weighted by atomic mass is 16.3. The summed E-state index contributed by atoms with van der Waals surface area (Å²) in [5.74, 6) is 0.194. The molecule has 0 atom stereocenters. The summed E-state index contributed by atoms with van der Waals surface area (Å²) in [5, 5.41) is 10.2. The SMILES string of the molecule is O=C1C2=C(CCCC2)C(O)=C1c1ccncc1. The summed E-state index contributed by atoms with van der Waals surface area (Å²) < 4.78 is 0. The van der Waals surface area contributed by atoms with Crippen LogP contribution in [-0.2, 0) is 4.79 Å². The number of carbonyl (C=O) groups excluding carboxylic acids is 1. The molecule has 0 spiro atoms. The van der Waals surface area contributed by atoms with Crippen LogP contribution in [0, 0.1) is 0 Å². The molecule has 0 bridgehead atoms. The Labute approximate surface area is 99.5 Å². The predicted molar refractivity (Wildman–Crippen MR) is 64.3 cm³/mol. The van der Waals surface area contributed by atoms with Crippen molar-refractivity contribution < 1.29 is 9.90 Å². The molecule has 0 fully saturated rings. The first kappa shape index (κ1) is 10.3. The van der Waals surface area contributed by atoms with E-state index in [2.05, 4.69) is 4.98 Å². The third-order valence-electron chi connectivity index (χ3n) is 3.46. The maximum Gasteiger partial charge on any atom is 0.193 e. The average Bonchev–Trinajstić information content (AvgIpc) is 2.64. The van der Waals surface area contributed by atoms with Crippen LogP contribution >= 0.6 is 0 Å². The highest BCUT2D eigenvalue weighted by Crippen LogP contribution is 2.41. The van der Waals surface area contributed by atoms with Gasteiger partial charge >= 0.3 is 0 Å². The van der Waals surface area contributed by atoms with Gasteiger partial charge in [-0.3, -0.25) is 9.78 Å². The van der Waals surface area contributed by atoms with E-state index in [1.165, 1.54) is 0 Å². The Morgan fingerprint density at radius 3 is 2.35 bits per heavy atom. The molecule has 1 aromatic heterocycles. The molecule has 0 unspecified atom stereocenters. The van der Waals surface area contributed by atoms with Gasteiger partial charge in [-0.1, -0.05) is 0 Å². The lowest BCUT2D eigenvalue weighted by Gasteiger charge is -2.12. The quantitative estimate of drug-likeness (QED) is 0.802. The fourth-order valence-corrected chi connectivity index (χ4v) is 2.61. The standard InChI is InChI=1S/C14H13NO2/c16-13-10-3-1-2-4-11(10)14(17)12(13)9-5-7-15-8-6-9/h5-8,16H,1-4H2. The maximum absolute atomic E-state index is 12.3. The summed E-state index contributed by atoms with van der Waals surface area (Å²) >= 11 is 0. The summed E-state index contributed by atoms with van der Waals surface area (Å²) in [6.07, 6.45) is 7.00. The largest absolute Gasteiger partial charge is 0.507 e. The summed E-state index contributed by atoms with van der Waals surface area (Å²) in [6, 6.07) is 3.53. The van der Waals surface area contributed by atoms with Gasteiger partial charge in [0, 0.05) is 23.5 Å². The monoisotopic (exact) mass is 227 g/mol. The minimum Gasteiger partial charge on any atom is -0.507 e. The van der Waals surface area contributed by atoms with Gasteiger partial charge in [-0.05, 0) is 43.4 Å². The molecule has 1 aromatic rings. The van der Waals surface area contributed by atoms with Gasteiger partial charge in [0.05, 0.1) is 5.57 Å². The number of aromatic nitrogens is 1. The van der Waals surface area contributed by atoms with Gasteiger partial charge in [-0.15, -0.1) is 0 Å². The van der Waals surface area contributed by atoms with E-state index < -0.39 is 0 Å². The fourth-order valence-electron chi connectivity index (χ4n) is 2.61. The van der Waals surface area contributed by atoms with Crippen molar-refractivity contribution >= 4 is 11.4 Å². The second kappa shape index (κ2) is 3.84. The molecule has 3 nitrogen and oxygen atoms in total. The Morgan fingerprint density at radius 1 is 1.06 bits per heavy atom. The first-order chi connectivity index (χ1) is 8.29.